The quantitative estimate of drug-likeness (QED) is 0.807. The molecule has 0 fully saturated rings. The van der Waals surface area contributed by atoms with Crippen LogP contribution in [0.25, 0.3) is 10.9 Å². The number of H-pyrrole nitrogens is 1. The molecule has 0 saturated carbocycles. The molecule has 2 heterocycles. The maximum absolute atomic E-state index is 12.3. The number of hydrogen-bond acceptors (Lipinski definition) is 4. The van der Waals surface area contributed by atoms with Crippen LogP contribution in [0, 0.1) is 0 Å². The van der Waals surface area contributed by atoms with Gasteiger partial charge in [0.25, 0.3) is 5.56 Å². The third-order valence-corrected chi connectivity index (χ3v) is 4.29. The van der Waals surface area contributed by atoms with Gasteiger partial charge in [-0.3, -0.25) is 4.79 Å². The zero-order valence-electron chi connectivity index (χ0n) is 12.9. The van der Waals surface area contributed by atoms with Crippen LogP contribution in [0.4, 0.5) is 5.69 Å². The van der Waals surface area contributed by atoms with Gasteiger partial charge in [-0.1, -0.05) is 18.2 Å². The smallest absolute Gasteiger partial charge is 0.258 e. The topological polar surface area (TPSA) is 58.2 Å². The van der Waals surface area contributed by atoms with Gasteiger partial charge in [0.1, 0.15) is 11.6 Å². The number of para-hydroxylation sites is 1. The van der Waals surface area contributed by atoms with Crippen molar-refractivity contribution < 1.29 is 4.74 Å². The van der Waals surface area contributed by atoms with Crippen molar-refractivity contribution in [3.05, 3.63) is 64.2 Å². The lowest BCUT2D eigenvalue weighted by atomic mass is 10.2. The molecular formula is C18H17N3O2. The van der Waals surface area contributed by atoms with Crippen LogP contribution in [-0.4, -0.2) is 23.6 Å². The molecule has 1 aliphatic heterocycles. The second-order valence-corrected chi connectivity index (χ2v) is 5.70. The van der Waals surface area contributed by atoms with Crippen molar-refractivity contribution >= 4 is 16.6 Å². The standard InChI is InChI=1S/C18H17N3O2/c1-23-13-6-7-14-15(10-13)19-17(20-18(14)22)11-21-9-8-12-4-2-3-5-16(12)21/h2-7,10H,8-9,11H2,1H3,(H,19,20,22). The predicted octanol–water partition coefficient (Wildman–Crippen LogP) is 2.49. The number of nitrogens with zero attached hydrogens (tertiary/aromatic N) is 2. The molecule has 0 amide bonds. The Hall–Kier alpha value is -2.82. The largest absolute Gasteiger partial charge is 0.497 e. The van der Waals surface area contributed by atoms with Crippen LogP contribution in [-0.2, 0) is 13.0 Å². The van der Waals surface area contributed by atoms with Crippen molar-refractivity contribution in [3.63, 3.8) is 0 Å². The number of fused-ring (bicyclic) bond motifs is 2. The van der Waals surface area contributed by atoms with Crippen LogP contribution in [0.2, 0.25) is 0 Å². The van der Waals surface area contributed by atoms with Crippen LogP contribution < -0.4 is 15.2 Å². The summed E-state index contributed by atoms with van der Waals surface area (Å²) in [6.07, 6.45) is 1.03. The van der Waals surface area contributed by atoms with Crippen molar-refractivity contribution in [2.24, 2.45) is 0 Å². The molecule has 0 atom stereocenters. The second kappa shape index (κ2) is 5.43. The summed E-state index contributed by atoms with van der Waals surface area (Å²) in [5.41, 5.74) is 3.12. The molecule has 4 rings (SSSR count). The van der Waals surface area contributed by atoms with E-state index in [1.54, 1.807) is 25.3 Å². The molecule has 0 radical (unpaired) electrons. The van der Waals surface area contributed by atoms with Crippen LogP contribution in [0.3, 0.4) is 0 Å². The van der Waals surface area contributed by atoms with Crippen molar-refractivity contribution in [2.45, 2.75) is 13.0 Å². The molecule has 5 nitrogen and oxygen atoms in total. The predicted molar refractivity (Wildman–Crippen MR) is 90.1 cm³/mol. The summed E-state index contributed by atoms with van der Waals surface area (Å²) in [6, 6.07) is 13.7. The average Bonchev–Trinajstić information content (AvgIpc) is 2.97. The van der Waals surface area contributed by atoms with Crippen LogP contribution in [0.15, 0.2) is 47.3 Å². The molecule has 1 aromatic heterocycles. The highest BCUT2D eigenvalue weighted by Gasteiger charge is 2.19. The lowest BCUT2D eigenvalue weighted by Gasteiger charge is -2.18. The molecule has 1 N–H and O–H groups in total. The van der Waals surface area contributed by atoms with E-state index in [0.29, 0.717) is 29.0 Å². The van der Waals surface area contributed by atoms with Gasteiger partial charge >= 0.3 is 0 Å². The minimum Gasteiger partial charge on any atom is -0.497 e. The minimum atomic E-state index is -0.111. The molecule has 5 heteroatoms. The first-order chi connectivity index (χ1) is 11.2. The highest BCUT2D eigenvalue weighted by Crippen LogP contribution is 2.28. The Morgan fingerprint density at radius 2 is 2.13 bits per heavy atom. The first kappa shape index (κ1) is 13.8. The normalized spacial score (nSPS) is 13.3. The van der Waals surface area contributed by atoms with Gasteiger partial charge < -0.3 is 14.6 Å². The monoisotopic (exact) mass is 307 g/mol. The van der Waals surface area contributed by atoms with Gasteiger partial charge in [-0.25, -0.2) is 4.98 Å². The highest BCUT2D eigenvalue weighted by molar-refractivity contribution is 5.79. The van der Waals surface area contributed by atoms with Crippen molar-refractivity contribution in [2.75, 3.05) is 18.6 Å². The Balaban J connectivity index is 1.71. The number of aromatic amines is 1. The fourth-order valence-corrected chi connectivity index (χ4v) is 3.12. The number of nitrogens with one attached hydrogen (secondary N) is 1. The average molecular weight is 307 g/mol. The molecule has 23 heavy (non-hydrogen) atoms. The van der Waals surface area contributed by atoms with E-state index in [4.69, 9.17) is 4.74 Å². The molecular weight excluding hydrogens is 290 g/mol. The molecule has 0 aliphatic carbocycles. The van der Waals surface area contributed by atoms with Crippen LogP contribution in [0.1, 0.15) is 11.4 Å². The summed E-state index contributed by atoms with van der Waals surface area (Å²) in [7, 11) is 1.61. The zero-order valence-corrected chi connectivity index (χ0v) is 12.9. The first-order valence-corrected chi connectivity index (χ1v) is 7.64. The van der Waals surface area contributed by atoms with E-state index in [1.807, 2.05) is 6.07 Å². The van der Waals surface area contributed by atoms with Gasteiger partial charge in [0.05, 0.1) is 24.6 Å². The fourth-order valence-electron chi connectivity index (χ4n) is 3.12. The summed E-state index contributed by atoms with van der Waals surface area (Å²) >= 11 is 0. The summed E-state index contributed by atoms with van der Waals surface area (Å²) in [5.74, 6) is 1.38. The number of aromatic nitrogens is 2. The van der Waals surface area contributed by atoms with Crippen LogP contribution in [0.5, 0.6) is 5.75 Å². The maximum atomic E-state index is 12.3. The molecule has 2 aromatic carbocycles. The van der Waals surface area contributed by atoms with Gasteiger partial charge in [0.2, 0.25) is 0 Å². The van der Waals surface area contributed by atoms with E-state index in [-0.39, 0.29) is 5.56 Å². The van der Waals surface area contributed by atoms with Crippen molar-refractivity contribution in [1.29, 1.82) is 0 Å². The summed E-state index contributed by atoms with van der Waals surface area (Å²) < 4.78 is 5.22. The van der Waals surface area contributed by atoms with Gasteiger partial charge in [-0.2, -0.15) is 0 Å². The lowest BCUT2D eigenvalue weighted by Crippen LogP contribution is -2.23. The van der Waals surface area contributed by atoms with Crippen LogP contribution >= 0.6 is 0 Å². The number of rotatable bonds is 3. The fraction of sp³-hybridized carbons (Fsp3) is 0.222. The summed E-state index contributed by atoms with van der Waals surface area (Å²) in [5, 5.41) is 0.580. The zero-order chi connectivity index (χ0) is 15.8. The van der Waals surface area contributed by atoms with Crippen molar-refractivity contribution in [1.82, 2.24) is 9.97 Å². The van der Waals surface area contributed by atoms with E-state index < -0.39 is 0 Å². The third kappa shape index (κ3) is 2.44. The number of ether oxygens (including phenoxy) is 1. The number of hydrogen-bond donors (Lipinski definition) is 1. The van der Waals surface area contributed by atoms with Gasteiger partial charge in [0.15, 0.2) is 0 Å². The Labute approximate surface area is 133 Å². The minimum absolute atomic E-state index is 0.111. The van der Waals surface area contributed by atoms with E-state index in [2.05, 4.69) is 33.1 Å². The Bertz CT molecular complexity index is 933. The van der Waals surface area contributed by atoms with E-state index in [0.717, 1.165) is 13.0 Å². The molecule has 0 bridgehead atoms. The Morgan fingerprint density at radius 3 is 3.00 bits per heavy atom. The van der Waals surface area contributed by atoms with Crippen molar-refractivity contribution in [3.8, 4) is 5.75 Å². The molecule has 0 saturated heterocycles. The number of benzene rings is 2. The van der Waals surface area contributed by atoms with E-state index in [9.17, 15) is 4.79 Å². The van der Waals surface area contributed by atoms with E-state index >= 15 is 0 Å². The molecule has 1 aliphatic rings. The number of methoxy groups -OCH3 is 1. The summed E-state index contributed by atoms with van der Waals surface area (Å²) in [4.78, 5) is 22.0. The summed E-state index contributed by atoms with van der Waals surface area (Å²) in [6.45, 7) is 1.54. The second-order valence-electron chi connectivity index (χ2n) is 5.70. The lowest BCUT2D eigenvalue weighted by molar-refractivity contribution is 0.415. The Kier molecular flexibility index (Phi) is 3.26. The van der Waals surface area contributed by atoms with Gasteiger partial charge in [0, 0.05) is 18.3 Å². The molecule has 3 aromatic rings. The Morgan fingerprint density at radius 1 is 1.26 bits per heavy atom. The number of anilines is 1. The highest BCUT2D eigenvalue weighted by atomic mass is 16.5. The van der Waals surface area contributed by atoms with E-state index in [1.165, 1.54) is 11.3 Å². The third-order valence-electron chi connectivity index (χ3n) is 4.29. The van der Waals surface area contributed by atoms with Gasteiger partial charge in [-0.05, 0) is 30.2 Å². The maximum Gasteiger partial charge on any atom is 0.258 e. The first-order valence-electron chi connectivity index (χ1n) is 7.64. The molecule has 116 valence electrons. The SMILES string of the molecule is COc1ccc2c(=O)[nH]c(CN3CCc4ccccc43)nc2c1. The molecule has 0 spiro atoms. The van der Waals surface area contributed by atoms with Gasteiger partial charge in [-0.15, -0.1) is 0 Å². The molecule has 0 unspecified atom stereocenters.